The minimum Gasteiger partial charge on any atom is -0.347 e. The molecule has 1 amide bonds. The molecule has 7 heteroatoms. The summed E-state index contributed by atoms with van der Waals surface area (Å²) in [6.45, 7) is 3.87. The summed E-state index contributed by atoms with van der Waals surface area (Å²) in [4.78, 5) is 19.7. The SMILES string of the molecule is Cn1cc(-c2nc(C(=O)NCc3ccccc3-c3ccc(CN4CCCC4)cc3)cs2)cn1. The van der Waals surface area contributed by atoms with Gasteiger partial charge in [0, 0.05) is 37.3 Å². The van der Waals surface area contributed by atoms with Gasteiger partial charge in [0.2, 0.25) is 0 Å². The van der Waals surface area contributed by atoms with Crippen LogP contribution in [0, 0.1) is 0 Å². The third-order valence-corrected chi connectivity index (χ3v) is 6.91. The third-order valence-electron chi connectivity index (χ3n) is 6.02. The Morgan fingerprint density at radius 1 is 1.06 bits per heavy atom. The molecule has 1 aliphatic heterocycles. The van der Waals surface area contributed by atoms with Crippen LogP contribution in [0.1, 0.15) is 34.5 Å². The molecule has 33 heavy (non-hydrogen) atoms. The first-order chi connectivity index (χ1) is 16.2. The Hall–Kier alpha value is -3.29. The highest BCUT2D eigenvalue weighted by Crippen LogP contribution is 2.26. The van der Waals surface area contributed by atoms with Crippen molar-refractivity contribution < 1.29 is 4.79 Å². The number of rotatable bonds is 7. The van der Waals surface area contributed by atoms with Gasteiger partial charge in [-0.2, -0.15) is 5.10 Å². The number of carbonyl (C=O) groups excluding carboxylic acids is 1. The first-order valence-corrected chi connectivity index (χ1v) is 12.2. The van der Waals surface area contributed by atoms with Crippen LogP contribution in [0.4, 0.5) is 0 Å². The Kier molecular flexibility index (Phi) is 6.32. The molecular weight excluding hydrogens is 430 g/mol. The van der Waals surface area contributed by atoms with Gasteiger partial charge >= 0.3 is 0 Å². The van der Waals surface area contributed by atoms with Crippen LogP contribution < -0.4 is 5.32 Å². The van der Waals surface area contributed by atoms with E-state index in [0.717, 1.165) is 33.8 Å². The Morgan fingerprint density at radius 2 is 1.85 bits per heavy atom. The number of thiazole rings is 1. The summed E-state index contributed by atoms with van der Waals surface area (Å²) in [6, 6.07) is 17.0. The van der Waals surface area contributed by atoms with Crippen LogP contribution in [0.5, 0.6) is 0 Å². The second-order valence-electron chi connectivity index (χ2n) is 8.46. The van der Waals surface area contributed by atoms with Gasteiger partial charge in [0.15, 0.2) is 0 Å². The number of amides is 1. The fourth-order valence-electron chi connectivity index (χ4n) is 4.25. The van der Waals surface area contributed by atoms with Crippen molar-refractivity contribution in [3.8, 4) is 21.7 Å². The van der Waals surface area contributed by atoms with Crippen LogP contribution in [0.15, 0.2) is 66.3 Å². The first-order valence-electron chi connectivity index (χ1n) is 11.3. The second-order valence-corrected chi connectivity index (χ2v) is 9.32. The highest BCUT2D eigenvalue weighted by atomic mass is 32.1. The maximum atomic E-state index is 12.7. The van der Waals surface area contributed by atoms with Crippen LogP contribution in [-0.4, -0.2) is 38.7 Å². The van der Waals surface area contributed by atoms with E-state index < -0.39 is 0 Å². The van der Waals surface area contributed by atoms with E-state index >= 15 is 0 Å². The van der Waals surface area contributed by atoms with Crippen LogP contribution in [-0.2, 0) is 20.1 Å². The van der Waals surface area contributed by atoms with E-state index in [1.54, 1.807) is 16.3 Å². The molecule has 2 aromatic carbocycles. The predicted molar refractivity (Wildman–Crippen MR) is 132 cm³/mol. The minimum atomic E-state index is -0.169. The van der Waals surface area contributed by atoms with Gasteiger partial charge in [0.05, 0.1) is 6.20 Å². The molecule has 1 aliphatic rings. The summed E-state index contributed by atoms with van der Waals surface area (Å²) < 4.78 is 1.73. The summed E-state index contributed by atoms with van der Waals surface area (Å²) >= 11 is 1.45. The van der Waals surface area contributed by atoms with Crippen molar-refractivity contribution in [2.24, 2.45) is 7.05 Å². The molecule has 0 aliphatic carbocycles. The average molecular weight is 458 g/mol. The highest BCUT2D eigenvalue weighted by molar-refractivity contribution is 7.13. The molecule has 0 radical (unpaired) electrons. The number of nitrogens with one attached hydrogen (secondary N) is 1. The molecule has 168 valence electrons. The lowest BCUT2D eigenvalue weighted by Gasteiger charge is -2.15. The largest absolute Gasteiger partial charge is 0.347 e. The van der Waals surface area contributed by atoms with Crippen LogP contribution in [0.3, 0.4) is 0 Å². The molecule has 6 nitrogen and oxygen atoms in total. The van der Waals surface area contributed by atoms with Crippen molar-refractivity contribution in [1.29, 1.82) is 0 Å². The van der Waals surface area contributed by atoms with E-state index in [-0.39, 0.29) is 5.91 Å². The average Bonchev–Trinajstić information content (AvgIpc) is 3.60. The smallest absolute Gasteiger partial charge is 0.271 e. The molecule has 1 N–H and O–H groups in total. The molecule has 0 saturated carbocycles. The molecule has 1 fully saturated rings. The van der Waals surface area contributed by atoms with Gasteiger partial charge < -0.3 is 5.32 Å². The molecule has 1 saturated heterocycles. The lowest BCUT2D eigenvalue weighted by molar-refractivity contribution is 0.0947. The Bertz CT molecular complexity index is 1240. The van der Waals surface area contributed by atoms with E-state index in [4.69, 9.17) is 0 Å². The fourth-order valence-corrected chi connectivity index (χ4v) is 5.03. The normalized spacial score (nSPS) is 14.0. The van der Waals surface area contributed by atoms with Gasteiger partial charge in [0.25, 0.3) is 5.91 Å². The number of nitrogens with zero attached hydrogens (tertiary/aromatic N) is 4. The van der Waals surface area contributed by atoms with Crippen molar-refractivity contribution in [2.75, 3.05) is 13.1 Å². The van der Waals surface area contributed by atoms with Crippen molar-refractivity contribution in [3.05, 3.63) is 83.1 Å². The minimum absolute atomic E-state index is 0.169. The van der Waals surface area contributed by atoms with Gasteiger partial charge in [-0.05, 0) is 48.2 Å². The van der Waals surface area contributed by atoms with Crippen molar-refractivity contribution >= 4 is 17.2 Å². The molecule has 0 atom stereocenters. The zero-order valence-corrected chi connectivity index (χ0v) is 19.5. The number of benzene rings is 2. The number of carbonyl (C=O) groups is 1. The first kappa shape index (κ1) is 21.6. The van der Waals surface area contributed by atoms with E-state index in [0.29, 0.717) is 12.2 Å². The van der Waals surface area contributed by atoms with Crippen molar-refractivity contribution in [1.82, 2.24) is 25.0 Å². The lowest BCUT2D eigenvalue weighted by Crippen LogP contribution is -2.23. The second kappa shape index (κ2) is 9.68. The molecule has 3 heterocycles. The topological polar surface area (TPSA) is 63.1 Å². The number of hydrogen-bond acceptors (Lipinski definition) is 5. The van der Waals surface area contributed by atoms with E-state index in [9.17, 15) is 4.79 Å². The van der Waals surface area contributed by atoms with Gasteiger partial charge in [-0.15, -0.1) is 11.3 Å². The van der Waals surface area contributed by atoms with Gasteiger partial charge in [0.1, 0.15) is 10.7 Å². The van der Waals surface area contributed by atoms with E-state index in [2.05, 4.69) is 56.7 Å². The van der Waals surface area contributed by atoms with Crippen LogP contribution >= 0.6 is 11.3 Å². The summed E-state index contributed by atoms with van der Waals surface area (Å²) in [5.74, 6) is -0.169. The quantitative estimate of drug-likeness (QED) is 0.436. The van der Waals surface area contributed by atoms with E-state index in [1.807, 2.05) is 25.4 Å². The summed E-state index contributed by atoms with van der Waals surface area (Å²) in [5, 5.41) is 9.79. The highest BCUT2D eigenvalue weighted by Gasteiger charge is 2.14. The standard InChI is InChI=1S/C26H27N5OS/c1-30-17-22(15-28-30)26-29-24(18-33-26)25(32)27-14-21-6-2-3-7-23(21)20-10-8-19(9-11-20)16-31-12-4-5-13-31/h2-3,6-11,15,17-18H,4-5,12-14,16H2,1H3,(H,27,32). The van der Waals surface area contributed by atoms with Crippen LogP contribution in [0.2, 0.25) is 0 Å². The maximum absolute atomic E-state index is 12.7. The predicted octanol–water partition coefficient (Wildman–Crippen LogP) is 4.74. The van der Waals surface area contributed by atoms with Crippen molar-refractivity contribution in [2.45, 2.75) is 25.9 Å². The van der Waals surface area contributed by atoms with Gasteiger partial charge in [-0.25, -0.2) is 4.98 Å². The van der Waals surface area contributed by atoms with Crippen molar-refractivity contribution in [3.63, 3.8) is 0 Å². The molecule has 5 rings (SSSR count). The lowest BCUT2D eigenvalue weighted by atomic mass is 9.98. The Morgan fingerprint density at radius 3 is 2.61 bits per heavy atom. The van der Waals surface area contributed by atoms with Gasteiger partial charge in [-0.1, -0.05) is 48.5 Å². The number of aromatic nitrogens is 3. The zero-order valence-electron chi connectivity index (χ0n) is 18.7. The summed E-state index contributed by atoms with van der Waals surface area (Å²) in [7, 11) is 1.86. The molecule has 2 aromatic heterocycles. The number of hydrogen-bond donors (Lipinski definition) is 1. The Balaban J connectivity index is 1.25. The molecule has 0 bridgehead atoms. The van der Waals surface area contributed by atoms with Crippen LogP contribution in [0.25, 0.3) is 21.7 Å². The number of likely N-dealkylation sites (tertiary alicyclic amines) is 1. The Labute approximate surface area is 197 Å². The monoisotopic (exact) mass is 457 g/mol. The molecule has 0 spiro atoms. The molecule has 0 unspecified atom stereocenters. The van der Waals surface area contributed by atoms with E-state index in [1.165, 1.54) is 42.8 Å². The molecular formula is C26H27N5OS. The van der Waals surface area contributed by atoms with Gasteiger partial charge in [-0.3, -0.25) is 14.4 Å². The molecule has 4 aromatic rings. The third kappa shape index (κ3) is 5.05. The maximum Gasteiger partial charge on any atom is 0.271 e. The summed E-state index contributed by atoms with van der Waals surface area (Å²) in [5.41, 5.74) is 6.08. The zero-order chi connectivity index (χ0) is 22.6. The number of aryl methyl sites for hydroxylation is 1. The fraction of sp³-hybridized carbons (Fsp3) is 0.269. The summed E-state index contributed by atoms with van der Waals surface area (Å²) in [6.07, 6.45) is 6.27.